The molecule has 108 valence electrons. The first-order valence-corrected chi connectivity index (χ1v) is 7.81. The number of piperidine rings is 1. The molecule has 2 heterocycles. The first kappa shape index (κ1) is 14.5. The fraction of sp³-hybridized carbons (Fsp3) is 0.667. The molecule has 2 rings (SSSR count). The molecule has 1 saturated heterocycles. The Bertz CT molecular complexity index is 538. The number of hydrogen-bond acceptors (Lipinski definition) is 4. The molecule has 19 heavy (non-hydrogen) atoms. The van der Waals surface area contributed by atoms with Gasteiger partial charge in [-0.2, -0.15) is 4.31 Å². The van der Waals surface area contributed by atoms with Crippen LogP contribution in [0.15, 0.2) is 17.2 Å². The second kappa shape index (κ2) is 5.62. The molecular formula is C12H21N3O3S. The standard InChI is InChI=1S/C12H21N3O3S/c1-14-9-12(6-10(14)7-13)19(16,17)15-5-3-4-11(8-15)18-2/h6,9,11H,3-5,7-8,13H2,1-2H3. The summed E-state index contributed by atoms with van der Waals surface area (Å²) in [5.41, 5.74) is 6.38. The highest BCUT2D eigenvalue weighted by Gasteiger charge is 2.31. The van der Waals surface area contributed by atoms with Crippen LogP contribution in [0.4, 0.5) is 0 Å². The largest absolute Gasteiger partial charge is 0.380 e. The average Bonchev–Trinajstić information content (AvgIpc) is 2.80. The second-order valence-corrected chi connectivity index (χ2v) is 6.78. The van der Waals surface area contributed by atoms with E-state index >= 15 is 0 Å². The highest BCUT2D eigenvalue weighted by Crippen LogP contribution is 2.23. The van der Waals surface area contributed by atoms with Crippen LogP contribution in [0.25, 0.3) is 0 Å². The second-order valence-electron chi connectivity index (χ2n) is 4.85. The zero-order valence-corrected chi connectivity index (χ0v) is 12.2. The van der Waals surface area contributed by atoms with Crippen molar-refractivity contribution in [3.05, 3.63) is 18.0 Å². The molecule has 2 N–H and O–H groups in total. The summed E-state index contributed by atoms with van der Waals surface area (Å²) in [7, 11) is -0.0180. The van der Waals surface area contributed by atoms with Crippen molar-refractivity contribution in [2.75, 3.05) is 20.2 Å². The minimum absolute atomic E-state index is 0.0128. The lowest BCUT2D eigenvalue weighted by Gasteiger charge is -2.30. The van der Waals surface area contributed by atoms with Crippen LogP contribution in [0.3, 0.4) is 0 Å². The van der Waals surface area contributed by atoms with Gasteiger partial charge in [0.1, 0.15) is 4.90 Å². The third-order valence-corrected chi connectivity index (χ3v) is 5.43. The van der Waals surface area contributed by atoms with Crippen molar-refractivity contribution in [2.45, 2.75) is 30.4 Å². The van der Waals surface area contributed by atoms with Gasteiger partial charge in [-0.15, -0.1) is 0 Å². The molecule has 1 aliphatic heterocycles. The van der Waals surface area contributed by atoms with Crippen molar-refractivity contribution in [1.82, 2.24) is 8.87 Å². The molecule has 0 aliphatic carbocycles. The number of rotatable bonds is 4. The van der Waals surface area contributed by atoms with Gasteiger partial charge in [-0.25, -0.2) is 8.42 Å². The van der Waals surface area contributed by atoms with Crippen LogP contribution < -0.4 is 5.73 Å². The van der Waals surface area contributed by atoms with Crippen LogP contribution in [-0.4, -0.2) is 43.6 Å². The predicted octanol–water partition coefficient (Wildman–Crippen LogP) is 0.283. The van der Waals surface area contributed by atoms with E-state index in [4.69, 9.17) is 10.5 Å². The average molecular weight is 287 g/mol. The smallest absolute Gasteiger partial charge is 0.244 e. The normalized spacial score (nSPS) is 21.7. The van der Waals surface area contributed by atoms with Crippen LogP contribution in [0.1, 0.15) is 18.5 Å². The molecule has 1 unspecified atom stereocenters. The molecule has 0 bridgehead atoms. The molecule has 1 atom stereocenters. The van der Waals surface area contributed by atoms with E-state index in [0.29, 0.717) is 24.5 Å². The van der Waals surface area contributed by atoms with Crippen molar-refractivity contribution in [3.8, 4) is 0 Å². The predicted molar refractivity (Wildman–Crippen MR) is 72.1 cm³/mol. The number of methoxy groups -OCH3 is 1. The highest BCUT2D eigenvalue weighted by molar-refractivity contribution is 7.89. The van der Waals surface area contributed by atoms with Gasteiger partial charge in [-0.3, -0.25) is 0 Å². The molecule has 0 aromatic carbocycles. The third kappa shape index (κ3) is 2.84. The van der Waals surface area contributed by atoms with Gasteiger partial charge in [-0.1, -0.05) is 0 Å². The van der Waals surface area contributed by atoms with Crippen LogP contribution in [0, 0.1) is 0 Å². The lowest BCUT2D eigenvalue weighted by molar-refractivity contribution is 0.0572. The minimum atomic E-state index is -3.44. The van der Waals surface area contributed by atoms with Gasteiger partial charge in [0.05, 0.1) is 6.10 Å². The fourth-order valence-corrected chi connectivity index (χ4v) is 3.99. The van der Waals surface area contributed by atoms with Crippen molar-refractivity contribution >= 4 is 10.0 Å². The Morgan fingerprint density at radius 2 is 2.26 bits per heavy atom. The summed E-state index contributed by atoms with van der Waals surface area (Å²) < 4.78 is 33.6. The number of hydrogen-bond donors (Lipinski definition) is 1. The molecule has 0 radical (unpaired) electrons. The van der Waals surface area contributed by atoms with Gasteiger partial charge < -0.3 is 15.0 Å². The quantitative estimate of drug-likeness (QED) is 0.863. The maximum atomic E-state index is 12.5. The molecule has 1 aromatic heterocycles. The van der Waals surface area contributed by atoms with E-state index in [1.165, 1.54) is 4.31 Å². The number of ether oxygens (including phenoxy) is 1. The molecule has 0 spiro atoms. The van der Waals surface area contributed by atoms with Gasteiger partial charge in [-0.05, 0) is 18.9 Å². The zero-order valence-electron chi connectivity index (χ0n) is 11.4. The molecule has 6 nitrogen and oxygen atoms in total. The summed E-state index contributed by atoms with van der Waals surface area (Å²) in [4.78, 5) is 0.312. The van der Waals surface area contributed by atoms with Crippen molar-refractivity contribution in [1.29, 1.82) is 0 Å². The summed E-state index contributed by atoms with van der Waals surface area (Å²) in [6, 6.07) is 1.64. The van der Waals surface area contributed by atoms with Gasteiger partial charge in [0.2, 0.25) is 10.0 Å². The summed E-state index contributed by atoms with van der Waals surface area (Å²) in [5, 5.41) is 0. The Labute approximate surface area is 114 Å². The van der Waals surface area contributed by atoms with E-state index in [0.717, 1.165) is 18.5 Å². The van der Waals surface area contributed by atoms with Crippen molar-refractivity contribution in [3.63, 3.8) is 0 Å². The van der Waals surface area contributed by atoms with Gasteiger partial charge in [0, 0.05) is 45.7 Å². The van der Waals surface area contributed by atoms with Gasteiger partial charge >= 0.3 is 0 Å². The minimum Gasteiger partial charge on any atom is -0.380 e. The molecule has 0 amide bonds. The maximum absolute atomic E-state index is 12.5. The Hall–Kier alpha value is -0.890. The van der Waals surface area contributed by atoms with E-state index in [2.05, 4.69) is 0 Å². The van der Waals surface area contributed by atoms with E-state index in [1.807, 2.05) is 0 Å². The van der Waals surface area contributed by atoms with Crippen LogP contribution >= 0.6 is 0 Å². The monoisotopic (exact) mass is 287 g/mol. The Morgan fingerprint density at radius 1 is 1.53 bits per heavy atom. The van der Waals surface area contributed by atoms with E-state index in [1.54, 1.807) is 31.0 Å². The zero-order chi connectivity index (χ0) is 14.0. The van der Waals surface area contributed by atoms with Gasteiger partial charge in [0.25, 0.3) is 0 Å². The Kier molecular flexibility index (Phi) is 4.29. The van der Waals surface area contributed by atoms with Crippen LogP contribution in [-0.2, 0) is 28.4 Å². The lowest BCUT2D eigenvalue weighted by Crippen LogP contribution is -2.42. The molecule has 1 fully saturated rings. The topological polar surface area (TPSA) is 77.6 Å². The van der Waals surface area contributed by atoms with Crippen LogP contribution in [0.5, 0.6) is 0 Å². The van der Waals surface area contributed by atoms with Gasteiger partial charge in [0.15, 0.2) is 0 Å². The van der Waals surface area contributed by atoms with Crippen molar-refractivity contribution < 1.29 is 13.2 Å². The summed E-state index contributed by atoms with van der Waals surface area (Å²) in [6.45, 7) is 1.30. The van der Waals surface area contributed by atoms with E-state index < -0.39 is 10.0 Å². The summed E-state index contributed by atoms with van der Waals surface area (Å²) in [5.74, 6) is 0. The first-order chi connectivity index (χ1) is 8.98. The lowest BCUT2D eigenvalue weighted by atomic mass is 10.1. The fourth-order valence-electron chi connectivity index (χ4n) is 2.39. The molecular weight excluding hydrogens is 266 g/mol. The summed E-state index contributed by atoms with van der Waals surface area (Å²) >= 11 is 0. The highest BCUT2D eigenvalue weighted by atomic mass is 32.2. The molecule has 0 saturated carbocycles. The molecule has 1 aliphatic rings. The van der Waals surface area contributed by atoms with E-state index in [9.17, 15) is 8.42 Å². The Balaban J connectivity index is 2.25. The number of aryl methyl sites for hydroxylation is 1. The number of nitrogens with zero attached hydrogens (tertiary/aromatic N) is 2. The SMILES string of the molecule is COC1CCCN(S(=O)(=O)c2cc(CN)n(C)c2)C1. The maximum Gasteiger partial charge on any atom is 0.244 e. The third-order valence-electron chi connectivity index (χ3n) is 3.60. The number of aromatic nitrogens is 1. The van der Waals surface area contributed by atoms with Crippen molar-refractivity contribution in [2.24, 2.45) is 12.8 Å². The Morgan fingerprint density at radius 3 is 2.84 bits per heavy atom. The first-order valence-electron chi connectivity index (χ1n) is 6.37. The number of nitrogens with two attached hydrogens (primary N) is 1. The molecule has 7 heteroatoms. The van der Waals surface area contributed by atoms with Crippen LogP contribution in [0.2, 0.25) is 0 Å². The van der Waals surface area contributed by atoms with E-state index in [-0.39, 0.29) is 6.10 Å². The number of sulfonamides is 1. The molecule has 1 aromatic rings. The summed E-state index contributed by atoms with van der Waals surface area (Å²) in [6.07, 6.45) is 3.34.